The van der Waals surface area contributed by atoms with Crippen LogP contribution in [0.3, 0.4) is 0 Å². The van der Waals surface area contributed by atoms with Crippen molar-refractivity contribution in [2.24, 2.45) is 0 Å². The third-order valence-corrected chi connectivity index (χ3v) is 4.83. The number of nitrogens with one attached hydrogen (secondary N) is 1. The number of nitrogen functional groups attached to an aromatic ring is 1. The Balaban J connectivity index is 1.55. The number of benzene rings is 1. The Kier molecular flexibility index (Phi) is 4.81. The number of aryl methyl sites for hydroxylation is 1. The molecule has 6 heteroatoms. The summed E-state index contributed by atoms with van der Waals surface area (Å²) < 4.78 is 5.55. The van der Waals surface area contributed by atoms with Crippen LogP contribution in [-0.4, -0.2) is 23.5 Å². The number of nitrogens with two attached hydrogens (primary N) is 1. The van der Waals surface area contributed by atoms with Crippen LogP contribution in [0.2, 0.25) is 0 Å². The van der Waals surface area contributed by atoms with E-state index in [2.05, 4.69) is 10.3 Å². The smallest absolute Gasteiger partial charge is 0.258 e. The predicted molar refractivity (Wildman–Crippen MR) is 92.6 cm³/mol. The van der Waals surface area contributed by atoms with Crippen molar-refractivity contribution in [3.05, 3.63) is 29.1 Å². The van der Waals surface area contributed by atoms with Crippen LogP contribution in [0.25, 0.3) is 11.3 Å². The highest BCUT2D eigenvalue weighted by molar-refractivity contribution is 7.15. The summed E-state index contributed by atoms with van der Waals surface area (Å²) in [6.07, 6.45) is 4.56. The first-order chi connectivity index (χ1) is 11.1. The maximum Gasteiger partial charge on any atom is 0.258 e. The van der Waals surface area contributed by atoms with Crippen molar-refractivity contribution < 1.29 is 9.53 Å². The Labute approximate surface area is 139 Å². The maximum atomic E-state index is 11.8. The highest BCUT2D eigenvalue weighted by Gasteiger charge is 2.17. The van der Waals surface area contributed by atoms with Crippen LogP contribution in [0, 0.1) is 6.92 Å². The molecular weight excluding hydrogens is 310 g/mol. The van der Waals surface area contributed by atoms with E-state index in [9.17, 15) is 4.79 Å². The van der Waals surface area contributed by atoms with Crippen LogP contribution in [0.15, 0.2) is 24.3 Å². The normalized spacial score (nSPS) is 14.8. The summed E-state index contributed by atoms with van der Waals surface area (Å²) in [4.78, 5) is 17.3. The summed E-state index contributed by atoms with van der Waals surface area (Å²) in [5.41, 5.74) is 7.63. The zero-order valence-corrected chi connectivity index (χ0v) is 14.0. The van der Waals surface area contributed by atoms with Gasteiger partial charge in [0, 0.05) is 16.5 Å². The fraction of sp³-hybridized carbons (Fsp3) is 0.412. The number of hydrogen-bond donors (Lipinski definition) is 2. The minimum atomic E-state index is -0.0518. The molecule has 1 heterocycles. The number of ether oxygens (including phenoxy) is 1. The SMILES string of the molecule is Cc1sc(N)nc1-c1ccc(OCC(=O)NC2CCCC2)cc1. The van der Waals surface area contributed by atoms with Gasteiger partial charge in [0.15, 0.2) is 11.7 Å². The van der Waals surface area contributed by atoms with Crippen LogP contribution < -0.4 is 15.8 Å². The molecule has 5 nitrogen and oxygen atoms in total. The topological polar surface area (TPSA) is 77.2 Å². The van der Waals surface area contributed by atoms with Crippen LogP contribution in [0.4, 0.5) is 5.13 Å². The van der Waals surface area contributed by atoms with Crippen LogP contribution in [0.1, 0.15) is 30.6 Å². The predicted octanol–water partition coefficient (Wildman–Crippen LogP) is 3.14. The van der Waals surface area contributed by atoms with E-state index in [4.69, 9.17) is 10.5 Å². The quantitative estimate of drug-likeness (QED) is 0.882. The zero-order chi connectivity index (χ0) is 16.2. The zero-order valence-electron chi connectivity index (χ0n) is 13.2. The first kappa shape index (κ1) is 15.8. The summed E-state index contributed by atoms with van der Waals surface area (Å²) in [7, 11) is 0. The minimum absolute atomic E-state index is 0.0518. The first-order valence-corrected chi connectivity index (χ1v) is 8.69. The lowest BCUT2D eigenvalue weighted by Crippen LogP contribution is -2.36. The average Bonchev–Trinajstić information content (AvgIpc) is 3.15. The van der Waals surface area contributed by atoms with Gasteiger partial charge in [-0.1, -0.05) is 12.8 Å². The number of thiazole rings is 1. The summed E-state index contributed by atoms with van der Waals surface area (Å²) >= 11 is 1.48. The molecule has 0 bridgehead atoms. The van der Waals surface area contributed by atoms with Crippen molar-refractivity contribution in [1.82, 2.24) is 10.3 Å². The van der Waals surface area contributed by atoms with E-state index < -0.39 is 0 Å². The second-order valence-electron chi connectivity index (χ2n) is 5.82. The number of carbonyl (C=O) groups is 1. The summed E-state index contributed by atoms with van der Waals surface area (Å²) in [6, 6.07) is 7.91. The lowest BCUT2D eigenvalue weighted by molar-refractivity contribution is -0.123. The third kappa shape index (κ3) is 4.01. The number of carbonyl (C=O) groups excluding carboxylic acids is 1. The molecule has 1 saturated carbocycles. The molecule has 0 saturated heterocycles. The molecule has 23 heavy (non-hydrogen) atoms. The number of rotatable bonds is 5. The van der Waals surface area contributed by atoms with E-state index in [0.717, 1.165) is 29.0 Å². The van der Waals surface area contributed by atoms with Gasteiger partial charge in [-0.2, -0.15) is 0 Å². The van der Waals surface area contributed by atoms with Gasteiger partial charge in [0.05, 0.1) is 5.69 Å². The van der Waals surface area contributed by atoms with Gasteiger partial charge in [-0.15, -0.1) is 11.3 Å². The Hall–Kier alpha value is -2.08. The van der Waals surface area contributed by atoms with E-state index in [0.29, 0.717) is 16.9 Å². The fourth-order valence-corrected chi connectivity index (χ4v) is 3.59. The van der Waals surface area contributed by atoms with Gasteiger partial charge >= 0.3 is 0 Å². The van der Waals surface area contributed by atoms with Gasteiger partial charge in [-0.3, -0.25) is 4.79 Å². The van der Waals surface area contributed by atoms with Gasteiger partial charge in [0.1, 0.15) is 5.75 Å². The molecule has 1 aliphatic carbocycles. The van der Waals surface area contributed by atoms with Crippen molar-refractivity contribution in [2.45, 2.75) is 38.6 Å². The van der Waals surface area contributed by atoms with Gasteiger partial charge in [-0.25, -0.2) is 4.98 Å². The Morgan fingerprint density at radius 1 is 1.35 bits per heavy atom. The molecule has 0 radical (unpaired) electrons. The molecule has 0 spiro atoms. The highest BCUT2D eigenvalue weighted by atomic mass is 32.1. The fourth-order valence-electron chi connectivity index (χ4n) is 2.88. The molecule has 1 amide bonds. The highest BCUT2D eigenvalue weighted by Crippen LogP contribution is 2.29. The van der Waals surface area contributed by atoms with Crippen molar-refractivity contribution in [1.29, 1.82) is 0 Å². The Morgan fingerprint density at radius 3 is 2.65 bits per heavy atom. The number of amides is 1. The minimum Gasteiger partial charge on any atom is -0.484 e. The van der Waals surface area contributed by atoms with Gasteiger partial charge in [-0.05, 0) is 44.0 Å². The van der Waals surface area contributed by atoms with Crippen LogP contribution in [-0.2, 0) is 4.79 Å². The Morgan fingerprint density at radius 2 is 2.04 bits per heavy atom. The number of nitrogens with zero attached hydrogens (tertiary/aromatic N) is 1. The molecule has 0 aliphatic heterocycles. The summed E-state index contributed by atoms with van der Waals surface area (Å²) in [5, 5.41) is 3.58. The molecule has 3 N–H and O–H groups in total. The van der Waals surface area contributed by atoms with E-state index in [1.54, 1.807) is 0 Å². The summed E-state index contributed by atoms with van der Waals surface area (Å²) in [5.74, 6) is 0.625. The number of anilines is 1. The van der Waals surface area contributed by atoms with E-state index in [1.165, 1.54) is 24.2 Å². The standard InChI is InChI=1S/C17H21N3O2S/c1-11-16(20-17(18)23-11)12-6-8-14(9-7-12)22-10-15(21)19-13-4-2-3-5-13/h6-9,13H,2-5,10H2,1H3,(H2,18,20)(H,19,21). The van der Waals surface area contributed by atoms with E-state index in [-0.39, 0.29) is 12.5 Å². The molecule has 1 fully saturated rings. The van der Waals surface area contributed by atoms with E-state index in [1.807, 2.05) is 31.2 Å². The first-order valence-electron chi connectivity index (χ1n) is 7.87. The third-order valence-electron chi connectivity index (χ3n) is 4.03. The van der Waals surface area contributed by atoms with Crippen molar-refractivity contribution >= 4 is 22.4 Å². The lowest BCUT2D eigenvalue weighted by atomic mass is 10.1. The molecule has 1 aromatic heterocycles. The molecule has 1 aliphatic rings. The van der Waals surface area contributed by atoms with Crippen molar-refractivity contribution in [3.8, 4) is 17.0 Å². The number of hydrogen-bond acceptors (Lipinski definition) is 5. The maximum absolute atomic E-state index is 11.8. The molecule has 1 aromatic carbocycles. The second kappa shape index (κ2) is 7.00. The second-order valence-corrected chi connectivity index (χ2v) is 7.05. The monoisotopic (exact) mass is 331 g/mol. The van der Waals surface area contributed by atoms with Crippen LogP contribution in [0.5, 0.6) is 5.75 Å². The van der Waals surface area contributed by atoms with E-state index >= 15 is 0 Å². The van der Waals surface area contributed by atoms with Crippen LogP contribution >= 0.6 is 11.3 Å². The Bertz CT molecular complexity index is 676. The largest absolute Gasteiger partial charge is 0.484 e. The molecule has 3 rings (SSSR count). The van der Waals surface area contributed by atoms with Gasteiger partial charge in [0.2, 0.25) is 0 Å². The molecule has 0 atom stereocenters. The van der Waals surface area contributed by atoms with Crippen molar-refractivity contribution in [3.63, 3.8) is 0 Å². The van der Waals surface area contributed by atoms with Crippen molar-refractivity contribution in [2.75, 3.05) is 12.3 Å². The summed E-state index contributed by atoms with van der Waals surface area (Å²) in [6.45, 7) is 2.06. The lowest BCUT2D eigenvalue weighted by Gasteiger charge is -2.12. The van der Waals surface area contributed by atoms with Gasteiger partial charge in [0.25, 0.3) is 5.91 Å². The number of aromatic nitrogens is 1. The molecule has 0 unspecified atom stereocenters. The molecular formula is C17H21N3O2S. The molecule has 122 valence electrons. The van der Waals surface area contributed by atoms with Gasteiger partial charge < -0.3 is 15.8 Å². The average molecular weight is 331 g/mol. The molecule has 2 aromatic rings.